The lowest BCUT2D eigenvalue weighted by molar-refractivity contribution is -0.137. The van der Waals surface area contributed by atoms with Gasteiger partial charge >= 0.3 is 6.09 Å². The minimum atomic E-state index is -0.519. The molecule has 0 aromatic rings. The zero-order valence-corrected chi connectivity index (χ0v) is 11.3. The van der Waals surface area contributed by atoms with E-state index in [0.29, 0.717) is 13.1 Å². The molecule has 98 valence electrons. The van der Waals surface area contributed by atoms with Gasteiger partial charge in [-0.1, -0.05) is 0 Å². The molecule has 0 spiro atoms. The number of carbonyl (C=O) groups excluding carboxylic acids is 2. The molecule has 0 atom stereocenters. The normalized spacial score (nSPS) is 17.6. The van der Waals surface area contributed by atoms with Crippen LogP contribution in [0.25, 0.3) is 0 Å². The highest BCUT2D eigenvalue weighted by atomic mass is 16.6. The van der Waals surface area contributed by atoms with E-state index in [1.165, 1.54) is 4.90 Å². The first-order valence-corrected chi connectivity index (χ1v) is 5.98. The molecule has 1 aliphatic heterocycles. The van der Waals surface area contributed by atoms with Crippen LogP contribution in [-0.4, -0.2) is 53.1 Å². The molecule has 1 aliphatic rings. The number of rotatable bonds is 1. The Balaban J connectivity index is 2.55. The number of carbonyl (C=O) groups is 2. The van der Waals surface area contributed by atoms with Gasteiger partial charge in [-0.05, 0) is 34.6 Å². The van der Waals surface area contributed by atoms with Crippen molar-refractivity contribution < 1.29 is 14.3 Å². The molecule has 17 heavy (non-hydrogen) atoms. The average molecular weight is 242 g/mol. The van der Waals surface area contributed by atoms with Gasteiger partial charge in [-0.25, -0.2) is 4.79 Å². The van der Waals surface area contributed by atoms with E-state index in [1.54, 1.807) is 4.90 Å². The molecule has 1 rings (SSSR count). The predicted octanol–water partition coefficient (Wildman–Crippen LogP) is 1.47. The standard InChI is InChI=1S/C12H22N2O3/c1-9(2)14-7-6-13(8-10(14)15)11(16)17-12(3,4)5/h9H,6-8H2,1-5H3. The number of hydrogen-bond acceptors (Lipinski definition) is 3. The molecule has 0 N–H and O–H groups in total. The quantitative estimate of drug-likeness (QED) is 0.699. The Morgan fingerprint density at radius 2 is 1.88 bits per heavy atom. The van der Waals surface area contributed by atoms with Gasteiger partial charge in [0.05, 0.1) is 0 Å². The summed E-state index contributed by atoms with van der Waals surface area (Å²) >= 11 is 0. The summed E-state index contributed by atoms with van der Waals surface area (Å²) in [5.41, 5.74) is -0.519. The van der Waals surface area contributed by atoms with E-state index < -0.39 is 11.7 Å². The highest BCUT2D eigenvalue weighted by molar-refractivity contribution is 5.83. The SMILES string of the molecule is CC(C)N1CCN(C(=O)OC(C)(C)C)CC1=O. The zero-order valence-electron chi connectivity index (χ0n) is 11.3. The third-order valence-electron chi connectivity index (χ3n) is 2.53. The number of ether oxygens (including phenoxy) is 1. The zero-order chi connectivity index (χ0) is 13.2. The molecule has 1 saturated heterocycles. The molecule has 1 heterocycles. The fourth-order valence-corrected chi connectivity index (χ4v) is 1.71. The van der Waals surface area contributed by atoms with Crippen molar-refractivity contribution in [3.8, 4) is 0 Å². The maximum absolute atomic E-state index is 11.8. The lowest BCUT2D eigenvalue weighted by Crippen LogP contribution is -2.55. The van der Waals surface area contributed by atoms with E-state index >= 15 is 0 Å². The van der Waals surface area contributed by atoms with Crippen molar-refractivity contribution in [2.24, 2.45) is 0 Å². The Labute approximate surface area is 103 Å². The Hall–Kier alpha value is -1.26. The number of amides is 2. The summed E-state index contributed by atoms with van der Waals surface area (Å²) in [6, 6.07) is 0.184. The molecule has 1 fully saturated rings. The van der Waals surface area contributed by atoms with Crippen LogP contribution in [0.15, 0.2) is 0 Å². The minimum Gasteiger partial charge on any atom is -0.444 e. The van der Waals surface area contributed by atoms with E-state index in [9.17, 15) is 9.59 Å². The summed E-state index contributed by atoms with van der Waals surface area (Å²) in [5.74, 6) is -0.0166. The number of nitrogens with zero attached hydrogens (tertiary/aromatic N) is 2. The molecule has 2 amide bonds. The topological polar surface area (TPSA) is 49.9 Å². The Morgan fingerprint density at radius 3 is 2.29 bits per heavy atom. The van der Waals surface area contributed by atoms with Crippen molar-refractivity contribution in [1.82, 2.24) is 9.80 Å². The van der Waals surface area contributed by atoms with Crippen LogP contribution in [0.2, 0.25) is 0 Å². The maximum Gasteiger partial charge on any atom is 0.410 e. The van der Waals surface area contributed by atoms with Crippen LogP contribution in [0.1, 0.15) is 34.6 Å². The first kappa shape index (κ1) is 13.8. The number of piperazine rings is 1. The van der Waals surface area contributed by atoms with E-state index in [1.807, 2.05) is 34.6 Å². The molecule has 0 radical (unpaired) electrons. The van der Waals surface area contributed by atoms with Crippen LogP contribution in [0, 0.1) is 0 Å². The van der Waals surface area contributed by atoms with Crippen LogP contribution < -0.4 is 0 Å². The third kappa shape index (κ3) is 3.91. The van der Waals surface area contributed by atoms with E-state index in [2.05, 4.69) is 0 Å². The second-order valence-electron chi connectivity index (χ2n) is 5.58. The predicted molar refractivity (Wildman–Crippen MR) is 64.7 cm³/mol. The van der Waals surface area contributed by atoms with Gasteiger partial charge < -0.3 is 9.64 Å². The monoisotopic (exact) mass is 242 g/mol. The van der Waals surface area contributed by atoms with Crippen LogP contribution in [0.5, 0.6) is 0 Å². The first-order chi connectivity index (χ1) is 7.70. The van der Waals surface area contributed by atoms with Crippen molar-refractivity contribution in [2.45, 2.75) is 46.3 Å². The summed E-state index contributed by atoms with van der Waals surface area (Å²) in [4.78, 5) is 26.8. The number of hydrogen-bond donors (Lipinski definition) is 0. The van der Waals surface area contributed by atoms with Crippen LogP contribution in [0.4, 0.5) is 4.79 Å². The Bertz CT molecular complexity index is 307. The largest absolute Gasteiger partial charge is 0.444 e. The van der Waals surface area contributed by atoms with Crippen molar-refractivity contribution in [3.05, 3.63) is 0 Å². The molecule has 5 heteroatoms. The Kier molecular flexibility index (Phi) is 4.01. The molecular formula is C12H22N2O3. The van der Waals surface area contributed by atoms with Gasteiger partial charge in [-0.15, -0.1) is 0 Å². The molecule has 0 aliphatic carbocycles. The van der Waals surface area contributed by atoms with Crippen LogP contribution in [-0.2, 0) is 9.53 Å². The fourth-order valence-electron chi connectivity index (χ4n) is 1.71. The molecule has 0 saturated carbocycles. The summed E-state index contributed by atoms with van der Waals surface area (Å²) < 4.78 is 5.24. The van der Waals surface area contributed by atoms with Crippen molar-refractivity contribution >= 4 is 12.0 Å². The average Bonchev–Trinajstić information content (AvgIpc) is 2.14. The molecular weight excluding hydrogens is 220 g/mol. The second-order valence-corrected chi connectivity index (χ2v) is 5.58. The van der Waals surface area contributed by atoms with Crippen LogP contribution in [0.3, 0.4) is 0 Å². The molecule has 0 aromatic carbocycles. The van der Waals surface area contributed by atoms with Gasteiger partial charge in [0.2, 0.25) is 5.91 Å². The highest BCUT2D eigenvalue weighted by Crippen LogP contribution is 2.13. The third-order valence-corrected chi connectivity index (χ3v) is 2.53. The smallest absolute Gasteiger partial charge is 0.410 e. The molecule has 0 aromatic heterocycles. The van der Waals surface area contributed by atoms with Gasteiger partial charge in [0.25, 0.3) is 0 Å². The van der Waals surface area contributed by atoms with Crippen LogP contribution >= 0.6 is 0 Å². The molecule has 5 nitrogen and oxygen atoms in total. The summed E-state index contributed by atoms with van der Waals surface area (Å²) in [7, 11) is 0. The summed E-state index contributed by atoms with van der Waals surface area (Å²) in [6.45, 7) is 10.6. The van der Waals surface area contributed by atoms with Gasteiger partial charge in [0.15, 0.2) is 0 Å². The van der Waals surface area contributed by atoms with Crippen molar-refractivity contribution in [1.29, 1.82) is 0 Å². The van der Waals surface area contributed by atoms with Crippen molar-refractivity contribution in [3.63, 3.8) is 0 Å². The minimum absolute atomic E-state index is 0.0166. The van der Waals surface area contributed by atoms with Gasteiger partial charge in [0.1, 0.15) is 12.1 Å². The van der Waals surface area contributed by atoms with Gasteiger partial charge in [-0.2, -0.15) is 0 Å². The van der Waals surface area contributed by atoms with E-state index in [-0.39, 0.29) is 18.5 Å². The summed E-state index contributed by atoms with van der Waals surface area (Å²) in [6.07, 6.45) is -0.408. The lowest BCUT2D eigenvalue weighted by Gasteiger charge is -2.37. The van der Waals surface area contributed by atoms with Crippen molar-refractivity contribution in [2.75, 3.05) is 19.6 Å². The molecule has 0 unspecified atom stereocenters. The van der Waals surface area contributed by atoms with E-state index in [4.69, 9.17) is 4.74 Å². The Morgan fingerprint density at radius 1 is 1.29 bits per heavy atom. The summed E-state index contributed by atoms with van der Waals surface area (Å²) in [5, 5.41) is 0. The second kappa shape index (κ2) is 4.94. The fraction of sp³-hybridized carbons (Fsp3) is 0.833. The first-order valence-electron chi connectivity index (χ1n) is 5.98. The highest BCUT2D eigenvalue weighted by Gasteiger charge is 2.30. The van der Waals surface area contributed by atoms with Gasteiger partial charge in [-0.3, -0.25) is 9.69 Å². The van der Waals surface area contributed by atoms with E-state index in [0.717, 1.165) is 0 Å². The van der Waals surface area contributed by atoms with Gasteiger partial charge in [0, 0.05) is 19.1 Å². The molecule has 0 bridgehead atoms. The maximum atomic E-state index is 11.8. The lowest BCUT2D eigenvalue weighted by atomic mass is 10.2.